The second-order valence-electron chi connectivity index (χ2n) is 8.73. The molecule has 5 rings (SSSR count). The molecule has 0 spiro atoms. The van der Waals surface area contributed by atoms with E-state index in [1.54, 1.807) is 48.5 Å². The van der Waals surface area contributed by atoms with E-state index in [0.717, 1.165) is 45.2 Å². The van der Waals surface area contributed by atoms with Crippen molar-refractivity contribution < 1.29 is 23.1 Å². The van der Waals surface area contributed by atoms with Gasteiger partial charge < -0.3 is 14.9 Å². The first-order chi connectivity index (χ1) is 17.1. The maximum Gasteiger partial charge on any atom is 0.327 e. The van der Waals surface area contributed by atoms with E-state index >= 15 is 0 Å². The zero-order valence-electron chi connectivity index (χ0n) is 19.1. The number of fused-ring (bicyclic) bond motifs is 1. The SMILES string of the molecule is N=C(c1ccc(C(=O)N2CCN(S(=O)(=O)c3cc4ccc(Cl)cc4s3)CC2C(=O)O)cc1)N1CCC1. The number of carboxylic acids is 1. The van der Waals surface area contributed by atoms with Gasteiger partial charge in [-0.05, 0) is 42.1 Å². The third kappa shape index (κ3) is 4.47. The summed E-state index contributed by atoms with van der Waals surface area (Å²) in [6.45, 7) is 1.24. The number of thiophene rings is 1. The van der Waals surface area contributed by atoms with E-state index in [2.05, 4.69) is 0 Å². The largest absolute Gasteiger partial charge is 0.480 e. The van der Waals surface area contributed by atoms with Gasteiger partial charge in [-0.1, -0.05) is 29.8 Å². The van der Waals surface area contributed by atoms with Crippen LogP contribution in [-0.4, -0.2) is 84.1 Å². The average molecular weight is 547 g/mol. The summed E-state index contributed by atoms with van der Waals surface area (Å²) in [5.41, 5.74) is 0.973. The van der Waals surface area contributed by atoms with E-state index in [9.17, 15) is 23.1 Å². The fourth-order valence-corrected chi connectivity index (χ4v) is 7.59. The monoisotopic (exact) mass is 546 g/mol. The summed E-state index contributed by atoms with van der Waals surface area (Å²) >= 11 is 7.09. The predicted molar refractivity (Wildman–Crippen MR) is 138 cm³/mol. The van der Waals surface area contributed by atoms with E-state index < -0.39 is 27.9 Å². The molecule has 2 N–H and O–H groups in total. The van der Waals surface area contributed by atoms with Crippen molar-refractivity contribution in [2.24, 2.45) is 0 Å². The summed E-state index contributed by atoms with van der Waals surface area (Å²) in [5, 5.41) is 19.3. The lowest BCUT2D eigenvalue weighted by molar-refractivity contribution is -0.143. The van der Waals surface area contributed by atoms with Crippen LogP contribution < -0.4 is 0 Å². The van der Waals surface area contributed by atoms with Gasteiger partial charge in [0, 0.05) is 53.6 Å². The van der Waals surface area contributed by atoms with Gasteiger partial charge in [0.15, 0.2) is 0 Å². The minimum absolute atomic E-state index is 0.0233. The Balaban J connectivity index is 1.34. The smallest absolute Gasteiger partial charge is 0.327 e. The lowest BCUT2D eigenvalue weighted by Gasteiger charge is -2.38. The molecule has 12 heteroatoms. The van der Waals surface area contributed by atoms with Crippen LogP contribution in [0.1, 0.15) is 22.3 Å². The summed E-state index contributed by atoms with van der Waals surface area (Å²) in [6, 6.07) is 11.8. The number of sulfonamides is 1. The number of piperazine rings is 1. The Hall–Kier alpha value is -2.99. The van der Waals surface area contributed by atoms with Crippen molar-refractivity contribution in [2.45, 2.75) is 16.7 Å². The molecule has 1 atom stereocenters. The molecular formula is C24H23ClN4O5S2. The van der Waals surface area contributed by atoms with Gasteiger partial charge in [0.2, 0.25) is 0 Å². The number of benzene rings is 2. The summed E-state index contributed by atoms with van der Waals surface area (Å²) in [4.78, 5) is 28.4. The number of carbonyl (C=O) groups excluding carboxylic acids is 1. The van der Waals surface area contributed by atoms with Gasteiger partial charge >= 0.3 is 5.97 Å². The van der Waals surface area contributed by atoms with Crippen LogP contribution in [-0.2, 0) is 14.8 Å². The molecule has 2 saturated heterocycles. The van der Waals surface area contributed by atoms with Gasteiger partial charge in [0.1, 0.15) is 16.1 Å². The summed E-state index contributed by atoms with van der Waals surface area (Å²) in [5.74, 6) is -1.37. The number of carbonyl (C=O) groups is 2. The van der Waals surface area contributed by atoms with Gasteiger partial charge in [-0.15, -0.1) is 11.3 Å². The van der Waals surface area contributed by atoms with Crippen molar-refractivity contribution in [3.63, 3.8) is 0 Å². The van der Waals surface area contributed by atoms with E-state index in [0.29, 0.717) is 22.0 Å². The lowest BCUT2D eigenvalue weighted by Crippen LogP contribution is -2.59. The number of nitrogens with zero attached hydrogens (tertiary/aromatic N) is 3. The van der Waals surface area contributed by atoms with Crippen molar-refractivity contribution in [3.8, 4) is 0 Å². The van der Waals surface area contributed by atoms with Gasteiger partial charge in [0.25, 0.3) is 15.9 Å². The van der Waals surface area contributed by atoms with Crippen molar-refractivity contribution in [2.75, 3.05) is 32.7 Å². The number of likely N-dealkylation sites (tertiary alicyclic amines) is 1. The van der Waals surface area contributed by atoms with Crippen LogP contribution in [0.15, 0.2) is 52.7 Å². The van der Waals surface area contributed by atoms with Gasteiger partial charge in [0.05, 0.1) is 0 Å². The van der Waals surface area contributed by atoms with Crippen LogP contribution in [0, 0.1) is 5.41 Å². The van der Waals surface area contributed by atoms with Crippen molar-refractivity contribution in [1.29, 1.82) is 5.41 Å². The number of hydrogen-bond acceptors (Lipinski definition) is 6. The Labute approximate surface area is 217 Å². The van der Waals surface area contributed by atoms with Crippen LogP contribution in [0.4, 0.5) is 0 Å². The molecule has 1 unspecified atom stereocenters. The first-order valence-electron chi connectivity index (χ1n) is 11.3. The normalized spacial score (nSPS) is 18.8. The molecule has 36 heavy (non-hydrogen) atoms. The Bertz CT molecular complexity index is 1470. The molecule has 1 aromatic heterocycles. The van der Waals surface area contributed by atoms with Crippen molar-refractivity contribution in [1.82, 2.24) is 14.1 Å². The van der Waals surface area contributed by atoms with Crippen LogP contribution in [0.5, 0.6) is 0 Å². The highest BCUT2D eigenvalue weighted by Crippen LogP contribution is 2.33. The highest BCUT2D eigenvalue weighted by Gasteiger charge is 2.40. The molecule has 1 amide bonds. The number of amides is 1. The molecule has 0 saturated carbocycles. The number of amidine groups is 1. The molecule has 2 aliphatic rings. The quantitative estimate of drug-likeness (QED) is 0.374. The Morgan fingerprint density at radius 3 is 2.33 bits per heavy atom. The minimum Gasteiger partial charge on any atom is -0.480 e. The Morgan fingerprint density at radius 2 is 1.69 bits per heavy atom. The highest BCUT2D eigenvalue weighted by atomic mass is 35.5. The first-order valence-corrected chi connectivity index (χ1v) is 14.0. The standard InChI is InChI=1S/C24H23ClN4O5S2/c25-18-7-6-17-12-21(35-20(17)13-18)36(33,34)28-10-11-29(19(14-28)24(31)32)23(30)16-4-2-15(3-5-16)22(26)27-8-1-9-27/h2-7,12-13,19,26H,1,8-11,14H2,(H,31,32). The number of halogens is 1. The molecule has 2 aromatic carbocycles. The average Bonchev–Trinajstić information content (AvgIpc) is 3.26. The summed E-state index contributed by atoms with van der Waals surface area (Å²) in [6.07, 6.45) is 1.05. The van der Waals surface area contributed by atoms with E-state index in [4.69, 9.17) is 17.0 Å². The molecule has 3 aromatic rings. The molecule has 188 valence electrons. The molecule has 2 fully saturated rings. The topological polar surface area (TPSA) is 122 Å². The fraction of sp³-hybridized carbons (Fsp3) is 0.292. The molecule has 2 aliphatic heterocycles. The minimum atomic E-state index is -3.96. The molecular weight excluding hydrogens is 524 g/mol. The number of nitrogens with one attached hydrogen (secondary N) is 1. The molecule has 0 aliphatic carbocycles. The van der Waals surface area contributed by atoms with E-state index in [1.165, 1.54) is 4.90 Å². The van der Waals surface area contributed by atoms with Crippen LogP contribution in [0.3, 0.4) is 0 Å². The second-order valence-corrected chi connectivity index (χ2v) is 12.4. The van der Waals surface area contributed by atoms with Gasteiger partial charge in [-0.2, -0.15) is 4.31 Å². The van der Waals surface area contributed by atoms with Crippen LogP contribution >= 0.6 is 22.9 Å². The van der Waals surface area contributed by atoms with Gasteiger partial charge in [-0.3, -0.25) is 10.2 Å². The zero-order valence-corrected chi connectivity index (χ0v) is 21.4. The third-order valence-corrected chi connectivity index (χ3v) is 10.2. The van der Waals surface area contributed by atoms with E-state index in [1.807, 2.05) is 4.90 Å². The highest BCUT2D eigenvalue weighted by molar-refractivity contribution is 7.91. The first kappa shape index (κ1) is 24.7. The maximum atomic E-state index is 13.3. The number of carboxylic acid groups (broad SMARTS) is 1. The van der Waals surface area contributed by atoms with Crippen LogP contribution in [0.2, 0.25) is 5.02 Å². The summed E-state index contributed by atoms with van der Waals surface area (Å²) in [7, 11) is -3.96. The molecule has 9 nitrogen and oxygen atoms in total. The number of aliphatic carboxylic acids is 1. The predicted octanol–water partition coefficient (Wildman–Crippen LogP) is 3.19. The number of hydrogen-bond donors (Lipinski definition) is 2. The molecule has 0 radical (unpaired) electrons. The van der Waals surface area contributed by atoms with Crippen molar-refractivity contribution in [3.05, 3.63) is 64.7 Å². The van der Waals surface area contributed by atoms with Crippen molar-refractivity contribution >= 4 is 60.8 Å². The Morgan fingerprint density at radius 1 is 1.00 bits per heavy atom. The molecule has 0 bridgehead atoms. The molecule has 3 heterocycles. The third-order valence-electron chi connectivity index (χ3n) is 6.52. The Kier molecular flexibility index (Phi) is 6.50. The zero-order chi connectivity index (χ0) is 25.6. The summed E-state index contributed by atoms with van der Waals surface area (Å²) < 4.78 is 28.6. The maximum absolute atomic E-state index is 13.3. The lowest BCUT2D eigenvalue weighted by atomic mass is 10.1. The second kappa shape index (κ2) is 9.47. The van der Waals surface area contributed by atoms with Gasteiger partial charge in [-0.25, -0.2) is 13.2 Å². The fourth-order valence-electron chi connectivity index (χ4n) is 4.32. The van der Waals surface area contributed by atoms with E-state index in [-0.39, 0.29) is 23.8 Å². The van der Waals surface area contributed by atoms with Crippen LogP contribution in [0.25, 0.3) is 10.1 Å². The number of rotatable bonds is 5.